The first-order chi connectivity index (χ1) is 17.3. The van der Waals surface area contributed by atoms with Gasteiger partial charge in [-0.25, -0.2) is 0 Å². The van der Waals surface area contributed by atoms with Crippen LogP contribution in [0.4, 0.5) is 0 Å². The van der Waals surface area contributed by atoms with E-state index in [0.717, 1.165) is 18.4 Å². The normalized spacial score (nSPS) is 19.7. The van der Waals surface area contributed by atoms with Crippen molar-refractivity contribution >= 4 is 29.0 Å². The molecule has 1 aromatic heterocycles. The molecule has 1 fully saturated rings. The maximum atomic E-state index is 13.3. The Kier molecular flexibility index (Phi) is 8.14. The van der Waals surface area contributed by atoms with Crippen molar-refractivity contribution in [3.63, 3.8) is 0 Å². The summed E-state index contributed by atoms with van der Waals surface area (Å²) in [6, 6.07) is 11.0. The number of ether oxygens (including phenoxy) is 2. The average Bonchev–Trinajstić information content (AvgIpc) is 2.86. The van der Waals surface area contributed by atoms with Gasteiger partial charge in [0.25, 0.3) is 11.5 Å². The van der Waals surface area contributed by atoms with E-state index < -0.39 is 0 Å². The molecule has 0 bridgehead atoms. The molecule has 8 heteroatoms. The molecule has 4 rings (SSSR count). The lowest BCUT2D eigenvalue weighted by molar-refractivity contribution is 0.0891. The molecule has 1 aliphatic rings. The number of aromatic nitrogens is 2. The first-order valence-electron chi connectivity index (χ1n) is 12.8. The minimum absolute atomic E-state index is 0.0544. The van der Waals surface area contributed by atoms with Gasteiger partial charge >= 0.3 is 0 Å². The Balaban J connectivity index is 1.56. The van der Waals surface area contributed by atoms with Crippen LogP contribution < -0.4 is 20.3 Å². The van der Waals surface area contributed by atoms with E-state index in [9.17, 15) is 9.59 Å². The Morgan fingerprint density at radius 1 is 1.08 bits per heavy atom. The SMILES string of the molecule is CCOc1cc2[nH]c(=S)n(Cc3ccc(C(=O)N[C@@H]4CCC[C@H](C)[C@H]4C)cc3)c(=O)c2cc1OCC. The molecule has 7 nitrogen and oxygen atoms in total. The molecule has 36 heavy (non-hydrogen) atoms. The van der Waals surface area contributed by atoms with Crippen LogP contribution in [0.5, 0.6) is 11.5 Å². The van der Waals surface area contributed by atoms with Gasteiger partial charge in [-0.1, -0.05) is 38.8 Å². The van der Waals surface area contributed by atoms with Crippen LogP contribution in [-0.4, -0.2) is 34.7 Å². The fourth-order valence-corrected chi connectivity index (χ4v) is 5.18. The summed E-state index contributed by atoms with van der Waals surface area (Å²) in [5.41, 5.74) is 1.89. The second kappa shape index (κ2) is 11.3. The molecule has 192 valence electrons. The van der Waals surface area contributed by atoms with Gasteiger partial charge in [-0.15, -0.1) is 0 Å². The van der Waals surface area contributed by atoms with Crippen LogP contribution in [-0.2, 0) is 6.54 Å². The quantitative estimate of drug-likeness (QED) is 0.394. The first-order valence-corrected chi connectivity index (χ1v) is 13.2. The van der Waals surface area contributed by atoms with Gasteiger partial charge in [-0.3, -0.25) is 14.2 Å². The molecule has 2 aromatic carbocycles. The van der Waals surface area contributed by atoms with Gasteiger partial charge in [0.15, 0.2) is 16.3 Å². The Morgan fingerprint density at radius 2 is 1.75 bits per heavy atom. The Bertz CT molecular complexity index is 1350. The van der Waals surface area contributed by atoms with E-state index in [1.807, 2.05) is 38.1 Å². The van der Waals surface area contributed by atoms with Gasteiger partial charge in [0.2, 0.25) is 0 Å². The number of benzene rings is 2. The zero-order chi connectivity index (χ0) is 25.8. The number of nitrogens with one attached hydrogen (secondary N) is 2. The molecule has 0 radical (unpaired) electrons. The number of hydrogen-bond donors (Lipinski definition) is 2. The molecule has 3 aromatic rings. The predicted molar refractivity (Wildman–Crippen MR) is 145 cm³/mol. The number of aromatic amines is 1. The fourth-order valence-electron chi connectivity index (χ4n) is 4.92. The summed E-state index contributed by atoms with van der Waals surface area (Å²) in [5.74, 6) is 2.13. The number of carbonyl (C=O) groups excluding carboxylic acids is 1. The van der Waals surface area contributed by atoms with Crippen LogP contribution in [0.3, 0.4) is 0 Å². The first kappa shape index (κ1) is 25.9. The lowest BCUT2D eigenvalue weighted by Gasteiger charge is -2.34. The van der Waals surface area contributed by atoms with Crippen molar-refractivity contribution in [3.05, 3.63) is 62.6 Å². The topological polar surface area (TPSA) is 85.4 Å². The summed E-state index contributed by atoms with van der Waals surface area (Å²) in [5, 5.41) is 3.69. The molecule has 0 spiro atoms. The van der Waals surface area contributed by atoms with E-state index >= 15 is 0 Å². The summed E-state index contributed by atoms with van der Waals surface area (Å²) in [4.78, 5) is 29.3. The van der Waals surface area contributed by atoms with Gasteiger partial charge in [0, 0.05) is 17.7 Å². The molecule has 1 saturated carbocycles. The average molecular weight is 510 g/mol. The third-order valence-electron chi connectivity index (χ3n) is 7.23. The van der Waals surface area contributed by atoms with Crippen LogP contribution in [0.1, 0.15) is 62.9 Å². The van der Waals surface area contributed by atoms with Gasteiger partial charge in [-0.2, -0.15) is 0 Å². The highest BCUT2D eigenvalue weighted by Gasteiger charge is 2.28. The number of hydrogen-bond acceptors (Lipinski definition) is 5. The van der Waals surface area contributed by atoms with Crippen LogP contribution >= 0.6 is 12.2 Å². The molecule has 0 aliphatic heterocycles. The summed E-state index contributed by atoms with van der Waals surface area (Å²) < 4.78 is 13.2. The second-order valence-electron chi connectivity index (χ2n) is 9.58. The highest BCUT2D eigenvalue weighted by Crippen LogP contribution is 2.31. The molecule has 0 saturated heterocycles. The van der Waals surface area contributed by atoms with Gasteiger partial charge in [0.05, 0.1) is 30.7 Å². The highest BCUT2D eigenvalue weighted by molar-refractivity contribution is 7.71. The summed E-state index contributed by atoms with van der Waals surface area (Å²) >= 11 is 5.51. The lowest BCUT2D eigenvalue weighted by atomic mass is 9.78. The van der Waals surface area contributed by atoms with Crippen molar-refractivity contribution in [3.8, 4) is 11.5 Å². The number of rotatable bonds is 8. The molecular formula is C28H35N3O4S. The molecule has 1 heterocycles. The van der Waals surface area contributed by atoms with Gasteiger partial charge < -0.3 is 19.8 Å². The molecule has 3 atom stereocenters. The Hall–Kier alpha value is -3.13. The van der Waals surface area contributed by atoms with E-state index in [0.29, 0.717) is 64.3 Å². The fraction of sp³-hybridized carbons (Fsp3) is 0.464. The van der Waals surface area contributed by atoms with E-state index in [2.05, 4.69) is 24.1 Å². The van der Waals surface area contributed by atoms with Crippen LogP contribution in [0.2, 0.25) is 0 Å². The largest absolute Gasteiger partial charge is 0.490 e. The third kappa shape index (κ3) is 5.48. The van der Waals surface area contributed by atoms with Gasteiger partial charge in [-0.05, 0) is 68.1 Å². The molecule has 1 amide bonds. The molecule has 0 unspecified atom stereocenters. The Labute approximate surface area is 216 Å². The summed E-state index contributed by atoms with van der Waals surface area (Å²) in [6.07, 6.45) is 3.39. The monoisotopic (exact) mass is 509 g/mol. The van der Waals surface area contributed by atoms with Crippen molar-refractivity contribution in [1.82, 2.24) is 14.9 Å². The third-order valence-corrected chi connectivity index (χ3v) is 7.55. The van der Waals surface area contributed by atoms with Crippen LogP contribution in [0.15, 0.2) is 41.2 Å². The van der Waals surface area contributed by atoms with E-state index in [1.54, 1.807) is 12.1 Å². The minimum Gasteiger partial charge on any atom is -0.490 e. The zero-order valence-electron chi connectivity index (χ0n) is 21.4. The van der Waals surface area contributed by atoms with Gasteiger partial charge in [0.1, 0.15) is 0 Å². The van der Waals surface area contributed by atoms with Crippen molar-refractivity contribution in [2.24, 2.45) is 11.8 Å². The molecular weight excluding hydrogens is 474 g/mol. The number of fused-ring (bicyclic) bond motifs is 1. The number of carbonyl (C=O) groups is 1. The predicted octanol–water partition coefficient (Wildman–Crippen LogP) is 5.46. The molecule has 1 aliphatic carbocycles. The lowest BCUT2D eigenvalue weighted by Crippen LogP contribution is -2.43. The summed E-state index contributed by atoms with van der Waals surface area (Å²) in [7, 11) is 0. The second-order valence-corrected chi connectivity index (χ2v) is 9.96. The van der Waals surface area contributed by atoms with E-state index in [1.165, 1.54) is 11.0 Å². The summed E-state index contributed by atoms with van der Waals surface area (Å²) in [6.45, 7) is 9.49. The smallest absolute Gasteiger partial charge is 0.262 e. The maximum absolute atomic E-state index is 13.3. The van der Waals surface area contributed by atoms with Crippen molar-refractivity contribution in [1.29, 1.82) is 0 Å². The zero-order valence-corrected chi connectivity index (χ0v) is 22.2. The maximum Gasteiger partial charge on any atom is 0.262 e. The number of nitrogens with zero attached hydrogens (tertiary/aromatic N) is 1. The van der Waals surface area contributed by atoms with Crippen LogP contribution in [0.25, 0.3) is 10.9 Å². The number of amides is 1. The highest BCUT2D eigenvalue weighted by atomic mass is 32.1. The molecule has 2 N–H and O–H groups in total. The van der Waals surface area contributed by atoms with E-state index in [-0.39, 0.29) is 17.5 Å². The number of H-pyrrole nitrogens is 1. The van der Waals surface area contributed by atoms with Crippen molar-refractivity contribution in [2.75, 3.05) is 13.2 Å². The minimum atomic E-state index is -0.208. The van der Waals surface area contributed by atoms with Crippen molar-refractivity contribution in [2.45, 2.75) is 59.5 Å². The van der Waals surface area contributed by atoms with Crippen LogP contribution in [0, 0.1) is 16.6 Å². The standard InChI is InChI=1S/C28H35N3O4S/c1-5-34-24-14-21-23(15-25(24)35-6-2)30-28(36)31(27(21)33)16-19-10-12-20(13-11-19)26(32)29-22-9-7-8-17(3)18(22)4/h10-15,17-18,22H,5-9,16H2,1-4H3,(H,29,32)(H,30,36)/t17-,18+,22+/m0/s1. The van der Waals surface area contributed by atoms with E-state index in [4.69, 9.17) is 21.7 Å². The van der Waals surface area contributed by atoms with Crippen molar-refractivity contribution < 1.29 is 14.3 Å². The Morgan fingerprint density at radius 3 is 2.42 bits per heavy atom.